The molecule has 0 fully saturated rings. The summed E-state index contributed by atoms with van der Waals surface area (Å²) in [5.41, 5.74) is 1.73. The molecule has 0 aliphatic carbocycles. The van der Waals surface area contributed by atoms with Crippen LogP contribution in [-0.2, 0) is 0 Å². The summed E-state index contributed by atoms with van der Waals surface area (Å²) in [6, 6.07) is 11.5. The van der Waals surface area contributed by atoms with Gasteiger partial charge in [-0.05, 0) is 31.2 Å². The molecular weight excluding hydrogens is 212 g/mol. The number of hydrogen-bond donors (Lipinski definition) is 0. The van der Waals surface area contributed by atoms with Crippen molar-refractivity contribution in [1.29, 1.82) is 0 Å². The van der Waals surface area contributed by atoms with Crippen LogP contribution in [0.3, 0.4) is 0 Å². The smallest absolute Gasteiger partial charge is 0.148 e. The van der Waals surface area contributed by atoms with Crippen LogP contribution in [0.5, 0.6) is 0 Å². The van der Waals surface area contributed by atoms with Gasteiger partial charge in [-0.1, -0.05) is 12.1 Å². The third kappa shape index (κ3) is 2.87. The molecule has 0 aliphatic rings. The number of nitrogens with zero attached hydrogens (tertiary/aromatic N) is 4. The van der Waals surface area contributed by atoms with Crippen molar-refractivity contribution >= 4 is 11.5 Å². The van der Waals surface area contributed by atoms with Crippen LogP contribution in [0.15, 0.2) is 53.9 Å². The zero-order chi connectivity index (χ0) is 12.1. The summed E-state index contributed by atoms with van der Waals surface area (Å²) in [7, 11) is 1.87. The summed E-state index contributed by atoms with van der Waals surface area (Å²) < 4.78 is 0. The van der Waals surface area contributed by atoms with Crippen LogP contribution in [0.25, 0.3) is 0 Å². The molecule has 0 saturated heterocycles. The summed E-state index contributed by atoms with van der Waals surface area (Å²) in [5, 5.41) is 6.18. The first kappa shape index (κ1) is 11.3. The van der Waals surface area contributed by atoms with Gasteiger partial charge in [-0.3, -0.25) is 9.99 Å². The van der Waals surface area contributed by atoms with Gasteiger partial charge in [0.25, 0.3) is 0 Å². The molecule has 0 N–H and O–H groups in total. The first-order valence-electron chi connectivity index (χ1n) is 5.39. The van der Waals surface area contributed by atoms with Crippen molar-refractivity contribution in [2.45, 2.75) is 6.92 Å². The van der Waals surface area contributed by atoms with E-state index in [-0.39, 0.29) is 0 Å². The molecule has 0 unspecified atom stereocenters. The second-order valence-corrected chi connectivity index (χ2v) is 3.61. The van der Waals surface area contributed by atoms with E-state index in [2.05, 4.69) is 15.1 Å². The SMILES string of the molecule is C/C(=N/N(C)c1ccccn1)c1ccccn1. The van der Waals surface area contributed by atoms with Crippen LogP contribution in [0.1, 0.15) is 12.6 Å². The Kier molecular flexibility index (Phi) is 3.45. The zero-order valence-electron chi connectivity index (χ0n) is 9.91. The van der Waals surface area contributed by atoms with Crippen molar-refractivity contribution in [3.05, 3.63) is 54.5 Å². The Balaban J connectivity index is 2.20. The van der Waals surface area contributed by atoms with E-state index >= 15 is 0 Å². The van der Waals surface area contributed by atoms with Crippen LogP contribution in [0, 0.1) is 0 Å². The van der Waals surface area contributed by atoms with Crippen molar-refractivity contribution in [2.75, 3.05) is 12.1 Å². The molecule has 2 aromatic heterocycles. The molecule has 2 aromatic rings. The molecule has 2 heterocycles. The molecule has 0 aliphatic heterocycles. The number of hydrazone groups is 1. The van der Waals surface area contributed by atoms with Crippen molar-refractivity contribution in [3.8, 4) is 0 Å². The van der Waals surface area contributed by atoms with Gasteiger partial charge in [0.15, 0.2) is 0 Å². The molecule has 0 saturated carbocycles. The predicted octanol–water partition coefficient (Wildman–Crippen LogP) is 2.34. The highest BCUT2D eigenvalue weighted by Crippen LogP contribution is 2.08. The predicted molar refractivity (Wildman–Crippen MR) is 69.1 cm³/mol. The van der Waals surface area contributed by atoms with E-state index in [0.29, 0.717) is 0 Å². The average Bonchev–Trinajstić information content (AvgIpc) is 2.40. The minimum atomic E-state index is 0.808. The molecule has 4 nitrogen and oxygen atoms in total. The number of aromatic nitrogens is 2. The Morgan fingerprint density at radius 3 is 2.35 bits per heavy atom. The maximum atomic E-state index is 4.44. The lowest BCUT2D eigenvalue weighted by molar-refractivity contribution is 0.973. The van der Waals surface area contributed by atoms with Gasteiger partial charge in [0.1, 0.15) is 5.82 Å². The standard InChI is InChI=1S/C13H14N4/c1-11(12-7-3-5-9-14-12)16-17(2)13-8-4-6-10-15-13/h3-10H,1-2H3/b16-11-. The van der Waals surface area contributed by atoms with Gasteiger partial charge in [-0.2, -0.15) is 5.10 Å². The summed E-state index contributed by atoms with van der Waals surface area (Å²) in [6.45, 7) is 1.93. The van der Waals surface area contributed by atoms with Gasteiger partial charge in [-0.15, -0.1) is 0 Å². The largest absolute Gasteiger partial charge is 0.255 e. The summed E-state index contributed by atoms with van der Waals surface area (Å²) in [6.07, 6.45) is 3.51. The number of anilines is 1. The van der Waals surface area contributed by atoms with E-state index in [4.69, 9.17) is 0 Å². The van der Waals surface area contributed by atoms with Gasteiger partial charge in [0.05, 0.1) is 11.4 Å². The molecule has 2 rings (SSSR count). The summed E-state index contributed by atoms with van der Waals surface area (Å²) in [5.74, 6) is 0.808. The Hall–Kier alpha value is -2.23. The third-order valence-electron chi connectivity index (χ3n) is 2.32. The van der Waals surface area contributed by atoms with E-state index in [1.54, 1.807) is 17.4 Å². The van der Waals surface area contributed by atoms with Crippen LogP contribution < -0.4 is 5.01 Å². The van der Waals surface area contributed by atoms with E-state index < -0.39 is 0 Å². The molecule has 86 valence electrons. The summed E-state index contributed by atoms with van der Waals surface area (Å²) >= 11 is 0. The summed E-state index contributed by atoms with van der Waals surface area (Å²) in [4.78, 5) is 8.47. The second-order valence-electron chi connectivity index (χ2n) is 3.61. The van der Waals surface area contributed by atoms with Crippen molar-refractivity contribution in [3.63, 3.8) is 0 Å². The van der Waals surface area contributed by atoms with Crippen molar-refractivity contribution in [2.24, 2.45) is 5.10 Å². The molecule has 0 amide bonds. The van der Waals surface area contributed by atoms with Gasteiger partial charge >= 0.3 is 0 Å². The number of hydrogen-bond acceptors (Lipinski definition) is 4. The lowest BCUT2D eigenvalue weighted by Crippen LogP contribution is -2.13. The lowest BCUT2D eigenvalue weighted by Gasteiger charge is -2.12. The Morgan fingerprint density at radius 2 is 1.76 bits per heavy atom. The Morgan fingerprint density at radius 1 is 1.06 bits per heavy atom. The highest BCUT2D eigenvalue weighted by atomic mass is 15.5. The topological polar surface area (TPSA) is 41.4 Å². The lowest BCUT2D eigenvalue weighted by atomic mass is 10.3. The average molecular weight is 226 g/mol. The van der Waals surface area contributed by atoms with E-state index in [1.165, 1.54) is 0 Å². The minimum absolute atomic E-state index is 0.808. The quantitative estimate of drug-likeness (QED) is 0.596. The zero-order valence-corrected chi connectivity index (χ0v) is 9.91. The Bertz CT molecular complexity index is 493. The monoisotopic (exact) mass is 226 g/mol. The first-order valence-corrected chi connectivity index (χ1v) is 5.39. The first-order chi connectivity index (χ1) is 8.27. The van der Waals surface area contributed by atoms with Crippen LogP contribution in [0.2, 0.25) is 0 Å². The third-order valence-corrected chi connectivity index (χ3v) is 2.32. The molecule has 0 spiro atoms. The molecule has 0 bridgehead atoms. The highest BCUT2D eigenvalue weighted by Gasteiger charge is 2.02. The van der Waals surface area contributed by atoms with Crippen LogP contribution >= 0.6 is 0 Å². The minimum Gasteiger partial charge on any atom is -0.255 e. The molecule has 0 aromatic carbocycles. The van der Waals surface area contributed by atoms with E-state index in [9.17, 15) is 0 Å². The molecular formula is C13H14N4. The fourth-order valence-electron chi connectivity index (χ4n) is 1.45. The maximum absolute atomic E-state index is 4.44. The fourth-order valence-corrected chi connectivity index (χ4v) is 1.45. The Labute approximate surface area is 101 Å². The van der Waals surface area contributed by atoms with Crippen molar-refractivity contribution < 1.29 is 0 Å². The molecule has 17 heavy (non-hydrogen) atoms. The molecule has 0 radical (unpaired) electrons. The van der Waals surface area contributed by atoms with Crippen molar-refractivity contribution in [1.82, 2.24) is 9.97 Å². The maximum Gasteiger partial charge on any atom is 0.148 e. The van der Waals surface area contributed by atoms with Gasteiger partial charge in [0, 0.05) is 19.4 Å². The normalized spacial score (nSPS) is 11.3. The molecule has 0 atom stereocenters. The molecule has 4 heteroatoms. The highest BCUT2D eigenvalue weighted by molar-refractivity contribution is 5.97. The second kappa shape index (κ2) is 5.21. The van der Waals surface area contributed by atoms with Gasteiger partial charge in [0.2, 0.25) is 0 Å². The number of pyridine rings is 2. The fraction of sp³-hybridized carbons (Fsp3) is 0.154. The van der Waals surface area contributed by atoms with E-state index in [0.717, 1.165) is 17.2 Å². The van der Waals surface area contributed by atoms with Gasteiger partial charge in [-0.25, -0.2) is 4.98 Å². The van der Waals surface area contributed by atoms with Crippen LogP contribution in [0.4, 0.5) is 5.82 Å². The van der Waals surface area contributed by atoms with Gasteiger partial charge < -0.3 is 0 Å². The number of rotatable bonds is 3. The van der Waals surface area contributed by atoms with E-state index in [1.807, 2.05) is 50.4 Å². The van der Waals surface area contributed by atoms with Crippen LogP contribution in [-0.4, -0.2) is 22.7 Å².